The lowest BCUT2D eigenvalue weighted by atomic mass is 10.3. The second-order valence-electron chi connectivity index (χ2n) is 7.86. The molecule has 1 aromatic carbocycles. The first-order valence-corrected chi connectivity index (χ1v) is 14.1. The second-order valence-corrected chi connectivity index (χ2v) is 12.5. The van der Waals surface area contributed by atoms with Crippen molar-refractivity contribution in [1.82, 2.24) is 19.7 Å². The summed E-state index contributed by atoms with van der Waals surface area (Å²) in [6.45, 7) is 3.39. The highest BCUT2D eigenvalue weighted by Gasteiger charge is 2.35. The van der Waals surface area contributed by atoms with E-state index >= 15 is 0 Å². The smallest absolute Gasteiger partial charge is 0.279 e. The van der Waals surface area contributed by atoms with E-state index in [0.717, 1.165) is 24.5 Å². The van der Waals surface area contributed by atoms with Gasteiger partial charge in [0, 0.05) is 24.1 Å². The van der Waals surface area contributed by atoms with Gasteiger partial charge in [0.1, 0.15) is 15.6 Å². The molecule has 196 valence electrons. The molecular weight excluding hydrogens is 553 g/mol. The number of alkyl halides is 3. The SMILES string of the molecule is Cc1cc(C)nc(NS(=O)(=O)c2ccc(NS(=O)(=O)c3ccc(-c4cc(C(F)(F)F)n(C)n4)s3)cc2)n1. The van der Waals surface area contributed by atoms with E-state index in [0.29, 0.717) is 16.1 Å². The van der Waals surface area contributed by atoms with Gasteiger partial charge in [-0.1, -0.05) is 0 Å². The Balaban J connectivity index is 1.51. The number of sulfonamides is 2. The van der Waals surface area contributed by atoms with E-state index in [1.54, 1.807) is 19.9 Å². The van der Waals surface area contributed by atoms with Gasteiger partial charge in [0.2, 0.25) is 5.95 Å². The lowest BCUT2D eigenvalue weighted by Gasteiger charge is -2.10. The van der Waals surface area contributed by atoms with Gasteiger partial charge < -0.3 is 0 Å². The topological polar surface area (TPSA) is 136 Å². The van der Waals surface area contributed by atoms with Crippen LogP contribution in [0.3, 0.4) is 0 Å². The summed E-state index contributed by atoms with van der Waals surface area (Å²) < 4.78 is 95.2. The number of anilines is 2. The molecule has 37 heavy (non-hydrogen) atoms. The van der Waals surface area contributed by atoms with Gasteiger partial charge in [-0.05, 0) is 62.4 Å². The molecule has 10 nitrogen and oxygen atoms in total. The second kappa shape index (κ2) is 9.42. The zero-order valence-electron chi connectivity index (χ0n) is 19.4. The number of thiophene rings is 1. The summed E-state index contributed by atoms with van der Waals surface area (Å²) in [6, 6.07) is 10.1. The van der Waals surface area contributed by atoms with Gasteiger partial charge in [-0.3, -0.25) is 9.40 Å². The van der Waals surface area contributed by atoms with Crippen molar-refractivity contribution in [2.75, 3.05) is 9.44 Å². The molecule has 0 bridgehead atoms. The van der Waals surface area contributed by atoms with E-state index in [1.807, 2.05) is 0 Å². The Morgan fingerprint density at radius 3 is 2.05 bits per heavy atom. The van der Waals surface area contributed by atoms with Crippen molar-refractivity contribution in [3.05, 3.63) is 65.6 Å². The van der Waals surface area contributed by atoms with E-state index in [1.165, 1.54) is 36.4 Å². The molecule has 0 atom stereocenters. The third-order valence-corrected chi connectivity index (χ3v) is 9.22. The van der Waals surface area contributed by atoms with Gasteiger partial charge in [0.25, 0.3) is 20.0 Å². The lowest BCUT2D eigenvalue weighted by molar-refractivity contribution is -0.143. The molecule has 0 aliphatic heterocycles. The quantitative estimate of drug-likeness (QED) is 0.339. The summed E-state index contributed by atoms with van der Waals surface area (Å²) in [4.78, 5) is 8.15. The van der Waals surface area contributed by atoms with Crippen LogP contribution in [0.1, 0.15) is 17.1 Å². The molecule has 0 unspecified atom stereocenters. The summed E-state index contributed by atoms with van der Waals surface area (Å²) >= 11 is 0.742. The Bertz CT molecular complexity index is 1660. The van der Waals surface area contributed by atoms with Gasteiger partial charge >= 0.3 is 6.18 Å². The number of benzene rings is 1. The average molecular weight is 573 g/mol. The van der Waals surface area contributed by atoms with Gasteiger partial charge in [-0.15, -0.1) is 11.3 Å². The Hall–Kier alpha value is -3.50. The molecule has 0 amide bonds. The highest BCUT2D eigenvalue weighted by Crippen LogP contribution is 2.35. The Morgan fingerprint density at radius 2 is 1.49 bits per heavy atom. The molecule has 3 heterocycles. The molecule has 0 aliphatic carbocycles. The lowest BCUT2D eigenvalue weighted by Crippen LogP contribution is -2.16. The van der Waals surface area contributed by atoms with Crippen LogP contribution >= 0.6 is 11.3 Å². The molecule has 0 aliphatic rings. The van der Waals surface area contributed by atoms with Crippen molar-refractivity contribution < 1.29 is 30.0 Å². The minimum atomic E-state index is -4.60. The first-order chi connectivity index (χ1) is 17.1. The Labute approximate surface area is 214 Å². The normalized spacial score (nSPS) is 12.5. The fraction of sp³-hybridized carbons (Fsp3) is 0.190. The number of nitrogens with one attached hydrogen (secondary N) is 2. The summed E-state index contributed by atoms with van der Waals surface area (Å²) in [5, 5.41) is 3.82. The first kappa shape index (κ1) is 26.6. The fourth-order valence-electron chi connectivity index (χ4n) is 3.31. The first-order valence-electron chi connectivity index (χ1n) is 10.3. The number of hydrogen-bond donors (Lipinski definition) is 2. The predicted octanol–water partition coefficient (Wildman–Crippen LogP) is 4.18. The van der Waals surface area contributed by atoms with Crippen LogP contribution < -0.4 is 9.44 Å². The monoisotopic (exact) mass is 572 g/mol. The average Bonchev–Trinajstić information content (AvgIpc) is 3.40. The van der Waals surface area contributed by atoms with Crippen LogP contribution in [-0.4, -0.2) is 36.6 Å². The number of rotatable bonds is 7. The van der Waals surface area contributed by atoms with Crippen molar-refractivity contribution in [3.8, 4) is 10.6 Å². The van der Waals surface area contributed by atoms with Crippen molar-refractivity contribution in [3.63, 3.8) is 0 Å². The third kappa shape index (κ3) is 5.91. The van der Waals surface area contributed by atoms with Gasteiger partial charge in [-0.2, -0.15) is 18.3 Å². The largest absolute Gasteiger partial charge is 0.433 e. The minimum absolute atomic E-state index is 0.0175. The predicted molar refractivity (Wildman–Crippen MR) is 131 cm³/mol. The van der Waals surface area contributed by atoms with Crippen molar-refractivity contribution in [2.24, 2.45) is 7.05 Å². The molecule has 16 heteroatoms. The van der Waals surface area contributed by atoms with E-state index in [4.69, 9.17) is 0 Å². The van der Waals surface area contributed by atoms with Crippen LogP contribution in [0.4, 0.5) is 24.8 Å². The Morgan fingerprint density at radius 1 is 0.865 bits per heavy atom. The van der Waals surface area contributed by atoms with Crippen molar-refractivity contribution in [1.29, 1.82) is 0 Å². The summed E-state index contributed by atoms with van der Waals surface area (Å²) in [7, 11) is -7.00. The molecule has 0 radical (unpaired) electrons. The van der Waals surface area contributed by atoms with Gasteiger partial charge in [0.15, 0.2) is 0 Å². The summed E-state index contributed by atoms with van der Waals surface area (Å²) in [6.07, 6.45) is -4.60. The van der Waals surface area contributed by atoms with E-state index in [2.05, 4.69) is 24.5 Å². The molecule has 0 fully saturated rings. The zero-order chi connectivity index (χ0) is 27.2. The van der Waals surface area contributed by atoms with Crippen LogP contribution in [-0.2, 0) is 33.3 Å². The zero-order valence-corrected chi connectivity index (χ0v) is 21.8. The highest BCUT2D eigenvalue weighted by atomic mass is 32.2. The van der Waals surface area contributed by atoms with Crippen molar-refractivity contribution in [2.45, 2.75) is 29.1 Å². The van der Waals surface area contributed by atoms with E-state index in [-0.39, 0.29) is 31.3 Å². The third-order valence-electron chi connectivity index (χ3n) is 4.89. The molecular formula is C21H19F3N6O4S3. The molecule has 0 saturated heterocycles. The number of halogens is 3. The highest BCUT2D eigenvalue weighted by molar-refractivity contribution is 7.94. The number of aryl methyl sites for hydroxylation is 3. The number of hydrogen-bond acceptors (Lipinski definition) is 8. The molecule has 0 spiro atoms. The fourth-order valence-corrected chi connectivity index (χ4v) is 6.58. The summed E-state index contributed by atoms with van der Waals surface area (Å²) in [5.74, 6) is -0.0916. The number of nitrogens with zero attached hydrogens (tertiary/aromatic N) is 4. The van der Waals surface area contributed by atoms with Gasteiger partial charge in [-0.25, -0.2) is 31.5 Å². The maximum Gasteiger partial charge on any atom is 0.433 e. The van der Waals surface area contributed by atoms with Crippen LogP contribution in [0.5, 0.6) is 0 Å². The molecule has 4 aromatic rings. The summed E-state index contributed by atoms with van der Waals surface area (Å²) in [5.41, 5.74) is 0.253. The Kier molecular flexibility index (Phi) is 6.76. The molecule has 0 saturated carbocycles. The van der Waals surface area contributed by atoms with Gasteiger partial charge in [0.05, 0.1) is 9.77 Å². The maximum absolute atomic E-state index is 13.0. The van der Waals surface area contributed by atoms with Crippen LogP contribution in [0, 0.1) is 13.8 Å². The molecule has 3 aromatic heterocycles. The van der Waals surface area contributed by atoms with Crippen molar-refractivity contribution >= 4 is 43.0 Å². The van der Waals surface area contributed by atoms with Crippen LogP contribution in [0.15, 0.2) is 57.6 Å². The maximum atomic E-state index is 13.0. The standard InChI is InChI=1S/C21H19F3N6O4S3/c1-12-10-13(2)26-20(25-12)29-36(31,32)15-6-4-14(5-7-15)28-37(33,34)19-9-8-17(35-19)16-11-18(21(22,23)24)30(3)27-16/h4-11,28H,1-3H3,(H,25,26,29). The number of aromatic nitrogens is 4. The van der Waals surface area contributed by atoms with E-state index < -0.39 is 31.9 Å². The van der Waals surface area contributed by atoms with Crippen LogP contribution in [0.2, 0.25) is 0 Å². The van der Waals surface area contributed by atoms with E-state index in [9.17, 15) is 30.0 Å². The minimum Gasteiger partial charge on any atom is -0.279 e. The van der Waals surface area contributed by atoms with Crippen LogP contribution in [0.25, 0.3) is 10.6 Å². The molecule has 4 rings (SSSR count). The molecule has 2 N–H and O–H groups in total.